The molecule has 0 amide bonds. The summed E-state index contributed by atoms with van der Waals surface area (Å²) in [7, 11) is 0. The van der Waals surface area contributed by atoms with Crippen LogP contribution in [0, 0.1) is 0 Å². The molecule has 0 bridgehead atoms. The van der Waals surface area contributed by atoms with Gasteiger partial charge in [0.05, 0.1) is 0 Å². The molecule has 4 heteroatoms. The van der Waals surface area contributed by atoms with Gasteiger partial charge in [-0.1, -0.05) is 140 Å². The molecule has 0 aliphatic rings. The van der Waals surface area contributed by atoms with Crippen molar-refractivity contribution in [3.63, 3.8) is 0 Å². The van der Waals surface area contributed by atoms with Crippen molar-refractivity contribution in [3.05, 3.63) is 206 Å². The van der Waals surface area contributed by atoms with Gasteiger partial charge in [0.1, 0.15) is 16.7 Å². The van der Waals surface area contributed by atoms with Crippen molar-refractivity contribution in [2.45, 2.75) is 0 Å². The molecule has 268 valence electrons. The van der Waals surface area contributed by atoms with E-state index in [1.165, 1.54) is 33.0 Å². The smallest absolute Gasteiger partial charge is 0.227 e. The maximum absolute atomic E-state index is 6.64. The Balaban J connectivity index is 1.04. The summed E-state index contributed by atoms with van der Waals surface area (Å²) < 4.78 is 13.1. The van der Waals surface area contributed by atoms with Crippen LogP contribution in [0.3, 0.4) is 0 Å². The van der Waals surface area contributed by atoms with Crippen LogP contribution in [0.4, 0.5) is 17.1 Å². The summed E-state index contributed by atoms with van der Waals surface area (Å²) in [5.74, 6) is 0.581. The first-order valence-electron chi connectivity index (χ1n) is 19.2. The summed E-state index contributed by atoms with van der Waals surface area (Å²) in [5.41, 5.74) is 13.9. The number of furan rings is 1. The molecule has 9 aromatic carbocycles. The summed E-state index contributed by atoms with van der Waals surface area (Å²) in [6.07, 6.45) is 0. The van der Waals surface area contributed by atoms with Crippen molar-refractivity contribution in [2.75, 3.05) is 4.90 Å². The van der Waals surface area contributed by atoms with Gasteiger partial charge in [-0.3, -0.25) is 0 Å². The number of hydrogen-bond acceptors (Lipinski definition) is 4. The van der Waals surface area contributed by atoms with Gasteiger partial charge in [-0.15, -0.1) is 0 Å². The minimum Gasteiger partial charge on any atom is -0.456 e. The summed E-state index contributed by atoms with van der Waals surface area (Å²) in [4.78, 5) is 7.27. The van der Waals surface area contributed by atoms with Gasteiger partial charge in [0.25, 0.3) is 0 Å². The topological polar surface area (TPSA) is 42.4 Å². The molecule has 57 heavy (non-hydrogen) atoms. The van der Waals surface area contributed by atoms with Crippen LogP contribution in [0.1, 0.15) is 0 Å². The predicted molar refractivity (Wildman–Crippen MR) is 235 cm³/mol. The van der Waals surface area contributed by atoms with Crippen molar-refractivity contribution in [1.29, 1.82) is 0 Å². The highest BCUT2D eigenvalue weighted by Gasteiger charge is 2.22. The normalized spacial score (nSPS) is 11.5. The Labute approximate surface area is 329 Å². The Morgan fingerprint density at radius 2 is 0.895 bits per heavy atom. The number of fused-ring (bicyclic) bond motifs is 5. The highest BCUT2D eigenvalue weighted by Crippen LogP contribution is 2.44. The van der Waals surface area contributed by atoms with Gasteiger partial charge in [0.15, 0.2) is 5.58 Å². The molecule has 0 atom stereocenters. The lowest BCUT2D eigenvalue weighted by atomic mass is 9.97. The molecule has 11 aromatic rings. The molecule has 0 fully saturated rings. The maximum Gasteiger partial charge on any atom is 0.227 e. The molecule has 0 saturated heterocycles. The van der Waals surface area contributed by atoms with Gasteiger partial charge >= 0.3 is 0 Å². The van der Waals surface area contributed by atoms with Crippen molar-refractivity contribution < 1.29 is 8.83 Å². The number of benzene rings is 9. The molecule has 11 rings (SSSR count). The molecule has 4 nitrogen and oxygen atoms in total. The van der Waals surface area contributed by atoms with Crippen LogP contribution in [0.25, 0.3) is 88.6 Å². The Morgan fingerprint density at radius 3 is 1.58 bits per heavy atom. The van der Waals surface area contributed by atoms with Gasteiger partial charge in [-0.25, -0.2) is 4.98 Å². The molecule has 0 N–H and O–H groups in total. The van der Waals surface area contributed by atoms with Crippen LogP contribution in [0.15, 0.2) is 215 Å². The molecule has 2 heterocycles. The zero-order valence-electron chi connectivity index (χ0n) is 30.8. The average molecular weight is 731 g/mol. The highest BCUT2D eigenvalue weighted by molar-refractivity contribution is 6.19. The maximum atomic E-state index is 6.64. The van der Waals surface area contributed by atoms with Crippen LogP contribution in [0.2, 0.25) is 0 Å². The van der Waals surface area contributed by atoms with E-state index < -0.39 is 0 Å². The van der Waals surface area contributed by atoms with Crippen molar-refractivity contribution in [2.24, 2.45) is 0 Å². The standard InChI is InChI=1S/C53H34N2O2/c1-3-11-35(12-4-1)37-21-27-43(28-22-37)55(44-29-23-38(24-30-44)42-20-19-36-13-7-8-16-41(36)33-42)45-31-25-39(26-32-45)50-51-46-17-9-10-18-48(46)56-49(51)34-47-52(50)57-53(54-47)40-14-5-2-6-15-40/h1-34H. The fourth-order valence-corrected chi connectivity index (χ4v) is 8.08. The number of oxazole rings is 1. The first-order valence-corrected chi connectivity index (χ1v) is 19.2. The molecule has 0 unspecified atom stereocenters. The Morgan fingerprint density at radius 1 is 0.368 bits per heavy atom. The van der Waals surface area contributed by atoms with Crippen LogP contribution >= 0.6 is 0 Å². The predicted octanol–water partition coefficient (Wildman–Crippen LogP) is 15.0. The fourth-order valence-electron chi connectivity index (χ4n) is 8.08. The number of nitrogens with zero attached hydrogens (tertiary/aromatic N) is 2. The minimum absolute atomic E-state index is 0.581. The van der Waals surface area contributed by atoms with Crippen LogP contribution in [0.5, 0.6) is 0 Å². The molecule has 0 saturated carbocycles. The number of para-hydroxylation sites is 1. The van der Waals surface area contributed by atoms with E-state index in [4.69, 9.17) is 13.8 Å². The fraction of sp³-hybridized carbons (Fsp3) is 0. The number of anilines is 3. The Hall–Kier alpha value is -7.69. The van der Waals surface area contributed by atoms with Gasteiger partial charge in [-0.2, -0.15) is 0 Å². The van der Waals surface area contributed by atoms with Crippen molar-refractivity contribution >= 4 is 60.9 Å². The molecule has 0 radical (unpaired) electrons. The molecular weight excluding hydrogens is 697 g/mol. The summed E-state index contributed by atoms with van der Waals surface area (Å²) in [6.45, 7) is 0. The van der Waals surface area contributed by atoms with E-state index in [2.05, 4.69) is 163 Å². The third-order valence-electron chi connectivity index (χ3n) is 10.9. The van der Waals surface area contributed by atoms with E-state index in [-0.39, 0.29) is 0 Å². The zero-order valence-corrected chi connectivity index (χ0v) is 30.8. The second-order valence-corrected chi connectivity index (χ2v) is 14.4. The Kier molecular flexibility index (Phi) is 7.78. The summed E-state index contributed by atoms with van der Waals surface area (Å²) in [5, 5.41) is 4.53. The van der Waals surface area contributed by atoms with E-state index in [1.54, 1.807) is 0 Å². The third-order valence-corrected chi connectivity index (χ3v) is 10.9. The lowest BCUT2D eigenvalue weighted by Gasteiger charge is -2.26. The second-order valence-electron chi connectivity index (χ2n) is 14.4. The van der Waals surface area contributed by atoms with Crippen molar-refractivity contribution in [3.8, 4) is 44.8 Å². The summed E-state index contributed by atoms with van der Waals surface area (Å²) in [6, 6.07) is 72.3. The molecular formula is C53H34N2O2. The quantitative estimate of drug-likeness (QED) is 0.164. The van der Waals surface area contributed by atoms with Gasteiger partial charge in [0.2, 0.25) is 5.89 Å². The van der Waals surface area contributed by atoms with Crippen LogP contribution < -0.4 is 4.90 Å². The number of rotatable bonds is 7. The monoisotopic (exact) mass is 730 g/mol. The lowest BCUT2D eigenvalue weighted by Crippen LogP contribution is -2.09. The molecule has 0 aliphatic carbocycles. The van der Waals surface area contributed by atoms with Crippen molar-refractivity contribution in [1.82, 2.24) is 4.98 Å². The van der Waals surface area contributed by atoms with E-state index in [0.29, 0.717) is 5.89 Å². The molecule has 0 aliphatic heterocycles. The molecule has 2 aromatic heterocycles. The first kappa shape index (κ1) is 32.7. The Bertz CT molecular complexity index is 3200. The number of hydrogen-bond donors (Lipinski definition) is 0. The van der Waals surface area contributed by atoms with Gasteiger partial charge in [-0.05, 0) is 99.3 Å². The van der Waals surface area contributed by atoms with Gasteiger partial charge < -0.3 is 13.7 Å². The second kappa shape index (κ2) is 13.6. The number of aromatic nitrogens is 1. The van der Waals surface area contributed by atoms with E-state index >= 15 is 0 Å². The van der Waals surface area contributed by atoms with E-state index in [9.17, 15) is 0 Å². The summed E-state index contributed by atoms with van der Waals surface area (Å²) >= 11 is 0. The van der Waals surface area contributed by atoms with Crippen LogP contribution in [-0.4, -0.2) is 4.98 Å². The van der Waals surface area contributed by atoms with E-state index in [0.717, 1.165) is 66.8 Å². The van der Waals surface area contributed by atoms with Crippen LogP contribution in [-0.2, 0) is 0 Å². The zero-order chi connectivity index (χ0) is 37.7. The minimum atomic E-state index is 0.581. The SMILES string of the molecule is c1ccc(-c2ccc(N(c3ccc(-c4ccc5ccccc5c4)cc3)c3ccc(-c4c5oc(-c6ccccc6)nc5cc5oc6ccccc6c45)cc3)cc2)cc1. The van der Waals surface area contributed by atoms with Gasteiger partial charge in [0, 0.05) is 45.0 Å². The third kappa shape index (κ3) is 5.83. The lowest BCUT2D eigenvalue weighted by molar-refractivity contribution is 0.621. The first-order chi connectivity index (χ1) is 28.2. The molecule has 0 spiro atoms. The highest BCUT2D eigenvalue weighted by atomic mass is 16.4. The van der Waals surface area contributed by atoms with E-state index in [1.807, 2.05) is 48.5 Å². The largest absolute Gasteiger partial charge is 0.456 e. The average Bonchev–Trinajstić information content (AvgIpc) is 3.88.